The molecule has 1 fully saturated rings. The van der Waals surface area contributed by atoms with Crippen molar-refractivity contribution in [2.75, 3.05) is 6.61 Å². The van der Waals surface area contributed by atoms with Gasteiger partial charge in [-0.2, -0.15) is 13.2 Å². The Morgan fingerprint density at radius 2 is 1.79 bits per heavy atom. The van der Waals surface area contributed by atoms with Crippen molar-refractivity contribution in [1.29, 1.82) is 0 Å². The molecule has 1 rings (SSSR count). The molecule has 0 N–H and O–H groups in total. The molecule has 0 spiro atoms. The summed E-state index contributed by atoms with van der Waals surface area (Å²) in [6, 6.07) is 0. The number of hydrogen-bond donors (Lipinski definition) is 0. The van der Waals surface area contributed by atoms with E-state index in [-0.39, 0.29) is 5.92 Å². The van der Waals surface area contributed by atoms with Crippen LogP contribution in [-0.2, 0) is 19.1 Å². The zero-order valence-electron chi connectivity index (χ0n) is 10.2. The molecule has 0 radical (unpaired) electrons. The van der Waals surface area contributed by atoms with Gasteiger partial charge in [0, 0.05) is 0 Å². The third-order valence-electron chi connectivity index (χ3n) is 2.70. The molecule has 0 unspecified atom stereocenters. The quantitative estimate of drug-likeness (QED) is 0.451. The second kappa shape index (κ2) is 7.16. The van der Waals surface area contributed by atoms with Crippen LogP contribution in [0.1, 0.15) is 32.1 Å². The van der Waals surface area contributed by atoms with E-state index in [4.69, 9.17) is 0 Å². The molecule has 0 saturated heterocycles. The Kier molecular flexibility index (Phi) is 5.85. The first kappa shape index (κ1) is 15.5. The van der Waals surface area contributed by atoms with Gasteiger partial charge in [0.2, 0.25) is 0 Å². The summed E-state index contributed by atoms with van der Waals surface area (Å²) in [5, 5.41) is 0. The Hall–Kier alpha value is -1.53. The van der Waals surface area contributed by atoms with Crippen LogP contribution in [-0.4, -0.2) is 24.7 Å². The van der Waals surface area contributed by atoms with E-state index in [0.29, 0.717) is 6.08 Å². The van der Waals surface area contributed by atoms with Gasteiger partial charge in [-0.05, 0) is 12.8 Å². The fourth-order valence-corrected chi connectivity index (χ4v) is 1.79. The first-order valence-corrected chi connectivity index (χ1v) is 5.99. The molecule has 1 saturated carbocycles. The Balaban J connectivity index is 2.25. The Bertz CT molecular complexity index is 343. The highest BCUT2D eigenvalue weighted by Gasteiger charge is 2.29. The highest BCUT2D eigenvalue weighted by atomic mass is 19.4. The topological polar surface area (TPSA) is 52.6 Å². The summed E-state index contributed by atoms with van der Waals surface area (Å²) in [4.78, 5) is 22.3. The number of carbonyl (C=O) groups excluding carboxylic acids is 2. The first-order valence-electron chi connectivity index (χ1n) is 5.99. The second-order valence-corrected chi connectivity index (χ2v) is 4.30. The molecule has 1 aliphatic rings. The molecule has 7 heteroatoms. The lowest BCUT2D eigenvalue weighted by Crippen LogP contribution is -2.20. The molecular formula is C12H15F3O4. The maximum Gasteiger partial charge on any atom is 0.422 e. The van der Waals surface area contributed by atoms with Gasteiger partial charge in [0.25, 0.3) is 0 Å². The van der Waals surface area contributed by atoms with Gasteiger partial charge in [0.1, 0.15) is 6.26 Å². The summed E-state index contributed by atoms with van der Waals surface area (Å²) >= 11 is 0. The molecule has 1 aliphatic carbocycles. The SMILES string of the molecule is O=C(/C=C/OC(=O)C1CCCCC1)OCC(F)(F)F. The van der Waals surface area contributed by atoms with Crippen LogP contribution in [0, 0.1) is 5.92 Å². The van der Waals surface area contributed by atoms with E-state index >= 15 is 0 Å². The zero-order valence-corrected chi connectivity index (χ0v) is 10.2. The van der Waals surface area contributed by atoms with Crippen molar-refractivity contribution in [3.05, 3.63) is 12.3 Å². The summed E-state index contributed by atoms with van der Waals surface area (Å²) in [5.74, 6) is -1.85. The van der Waals surface area contributed by atoms with Crippen LogP contribution in [0.15, 0.2) is 12.3 Å². The monoisotopic (exact) mass is 280 g/mol. The predicted octanol–water partition coefficient (Wildman–Crippen LogP) is 2.73. The van der Waals surface area contributed by atoms with E-state index in [2.05, 4.69) is 9.47 Å². The summed E-state index contributed by atoms with van der Waals surface area (Å²) in [7, 11) is 0. The van der Waals surface area contributed by atoms with Gasteiger partial charge in [-0.15, -0.1) is 0 Å². The molecule has 19 heavy (non-hydrogen) atoms. The number of halogens is 3. The van der Waals surface area contributed by atoms with E-state index in [9.17, 15) is 22.8 Å². The summed E-state index contributed by atoms with van der Waals surface area (Å²) in [6.45, 7) is -1.66. The molecule has 108 valence electrons. The van der Waals surface area contributed by atoms with Gasteiger partial charge in [-0.1, -0.05) is 19.3 Å². The van der Waals surface area contributed by atoms with E-state index < -0.39 is 24.7 Å². The minimum absolute atomic E-state index is 0.190. The average Bonchev–Trinajstić information content (AvgIpc) is 2.36. The highest BCUT2D eigenvalue weighted by molar-refractivity contribution is 5.82. The van der Waals surface area contributed by atoms with Gasteiger partial charge in [0.15, 0.2) is 6.61 Å². The Morgan fingerprint density at radius 3 is 2.37 bits per heavy atom. The number of alkyl halides is 3. The minimum atomic E-state index is -4.57. The lowest BCUT2D eigenvalue weighted by Gasteiger charge is -2.18. The molecule has 0 aliphatic heterocycles. The smallest absolute Gasteiger partial charge is 0.422 e. The molecule has 0 aromatic heterocycles. The predicted molar refractivity (Wildman–Crippen MR) is 58.8 cm³/mol. The van der Waals surface area contributed by atoms with Crippen molar-refractivity contribution < 1.29 is 32.2 Å². The molecule has 4 nitrogen and oxygen atoms in total. The van der Waals surface area contributed by atoms with Crippen molar-refractivity contribution in [3.63, 3.8) is 0 Å². The number of hydrogen-bond acceptors (Lipinski definition) is 4. The maximum absolute atomic E-state index is 11.7. The van der Waals surface area contributed by atoms with Gasteiger partial charge >= 0.3 is 18.1 Å². The molecular weight excluding hydrogens is 265 g/mol. The van der Waals surface area contributed by atoms with Gasteiger partial charge in [-0.3, -0.25) is 4.79 Å². The molecule has 0 heterocycles. The molecule has 0 atom stereocenters. The van der Waals surface area contributed by atoms with E-state index in [1.54, 1.807) is 0 Å². The van der Waals surface area contributed by atoms with Crippen LogP contribution < -0.4 is 0 Å². The maximum atomic E-state index is 11.7. The third kappa shape index (κ3) is 6.83. The number of carbonyl (C=O) groups is 2. The van der Waals surface area contributed by atoms with Crippen molar-refractivity contribution in [3.8, 4) is 0 Å². The zero-order chi connectivity index (χ0) is 14.3. The van der Waals surface area contributed by atoms with E-state index in [1.807, 2.05) is 0 Å². The van der Waals surface area contributed by atoms with Crippen LogP contribution in [0.2, 0.25) is 0 Å². The lowest BCUT2D eigenvalue weighted by atomic mass is 9.89. The fourth-order valence-electron chi connectivity index (χ4n) is 1.79. The van der Waals surface area contributed by atoms with Crippen LogP contribution in [0.5, 0.6) is 0 Å². The van der Waals surface area contributed by atoms with Crippen LogP contribution in [0.4, 0.5) is 13.2 Å². The number of ether oxygens (including phenoxy) is 2. The normalized spacial score (nSPS) is 17.4. The molecule has 0 aromatic carbocycles. The van der Waals surface area contributed by atoms with Crippen molar-refractivity contribution in [1.82, 2.24) is 0 Å². The van der Waals surface area contributed by atoms with Crippen LogP contribution in [0.25, 0.3) is 0 Å². The van der Waals surface area contributed by atoms with E-state index in [1.165, 1.54) is 0 Å². The highest BCUT2D eigenvalue weighted by Crippen LogP contribution is 2.24. The Labute approximate surface area is 108 Å². The van der Waals surface area contributed by atoms with Crippen molar-refractivity contribution in [2.45, 2.75) is 38.3 Å². The number of esters is 2. The second-order valence-electron chi connectivity index (χ2n) is 4.30. The fraction of sp³-hybridized carbons (Fsp3) is 0.667. The van der Waals surface area contributed by atoms with Gasteiger partial charge in [-0.25, -0.2) is 4.79 Å². The van der Waals surface area contributed by atoms with E-state index in [0.717, 1.165) is 38.4 Å². The van der Waals surface area contributed by atoms with Crippen LogP contribution in [0.3, 0.4) is 0 Å². The molecule has 0 amide bonds. The minimum Gasteiger partial charge on any atom is -0.453 e. The summed E-state index contributed by atoms with van der Waals surface area (Å²) in [5.41, 5.74) is 0. The molecule has 0 aromatic rings. The van der Waals surface area contributed by atoms with Gasteiger partial charge in [0.05, 0.1) is 12.0 Å². The number of rotatable bonds is 4. The van der Waals surface area contributed by atoms with Crippen molar-refractivity contribution >= 4 is 11.9 Å². The Morgan fingerprint density at radius 1 is 1.16 bits per heavy atom. The first-order chi connectivity index (χ1) is 8.88. The molecule has 0 bridgehead atoms. The van der Waals surface area contributed by atoms with Crippen LogP contribution >= 0.6 is 0 Å². The largest absolute Gasteiger partial charge is 0.453 e. The lowest BCUT2D eigenvalue weighted by molar-refractivity contribution is -0.182. The average molecular weight is 280 g/mol. The standard InChI is InChI=1S/C12H15F3O4/c13-12(14,15)8-19-10(16)6-7-18-11(17)9-4-2-1-3-5-9/h6-7,9H,1-5,8H2/b7-6+. The summed E-state index contributed by atoms with van der Waals surface area (Å²) < 4.78 is 43.7. The van der Waals surface area contributed by atoms with Gasteiger partial charge < -0.3 is 9.47 Å². The van der Waals surface area contributed by atoms with Crippen molar-refractivity contribution in [2.24, 2.45) is 5.92 Å². The third-order valence-corrected chi connectivity index (χ3v) is 2.70. The summed E-state index contributed by atoms with van der Waals surface area (Å²) in [6.07, 6.45) is 1.35.